The Kier molecular flexibility index (Phi) is 4.73. The molecule has 3 nitrogen and oxygen atoms in total. The van der Waals surface area contributed by atoms with Gasteiger partial charge in [0.05, 0.1) is 11.0 Å². The van der Waals surface area contributed by atoms with Crippen LogP contribution in [0.3, 0.4) is 0 Å². The zero-order valence-corrected chi connectivity index (χ0v) is 15.0. The Morgan fingerprint density at radius 1 is 0.875 bits per heavy atom. The maximum absolute atomic E-state index is 12.6. The van der Waals surface area contributed by atoms with Gasteiger partial charge in [0.25, 0.3) is 0 Å². The molecule has 24 heavy (non-hydrogen) atoms. The summed E-state index contributed by atoms with van der Waals surface area (Å²) in [6.45, 7) is 1.34. The van der Waals surface area contributed by atoms with Crippen LogP contribution in [0.4, 0.5) is 0 Å². The Hall–Kier alpha value is -1.36. The van der Waals surface area contributed by atoms with Gasteiger partial charge in [0, 0.05) is 24.4 Å². The number of fused-ring (bicyclic) bond motifs is 1. The zero-order valence-electron chi connectivity index (χ0n) is 13.4. The molecule has 128 valence electrons. The highest BCUT2D eigenvalue weighted by Gasteiger charge is 2.55. The van der Waals surface area contributed by atoms with Gasteiger partial charge < -0.3 is 5.32 Å². The van der Waals surface area contributed by atoms with Crippen molar-refractivity contribution in [3.63, 3.8) is 0 Å². The average molecular weight is 364 g/mol. The first-order valence-electron chi connectivity index (χ1n) is 8.18. The maximum atomic E-state index is 12.6. The molecule has 0 amide bonds. The fraction of sp³-hybridized carbons (Fsp3) is 0.368. The van der Waals surface area contributed by atoms with Crippen molar-refractivity contribution in [3.05, 3.63) is 71.8 Å². The Morgan fingerprint density at radius 2 is 1.42 bits per heavy atom. The van der Waals surface area contributed by atoms with Crippen LogP contribution < -0.4 is 5.32 Å². The second-order valence-corrected chi connectivity index (χ2v) is 8.96. The van der Waals surface area contributed by atoms with E-state index in [0.717, 1.165) is 6.54 Å². The number of hydrogen-bond acceptors (Lipinski definition) is 3. The molecule has 0 saturated carbocycles. The Morgan fingerprint density at radius 3 is 1.96 bits per heavy atom. The van der Waals surface area contributed by atoms with Gasteiger partial charge >= 0.3 is 0 Å². The molecule has 2 fully saturated rings. The fourth-order valence-corrected chi connectivity index (χ4v) is 6.63. The van der Waals surface area contributed by atoms with E-state index in [0.29, 0.717) is 13.0 Å². The minimum atomic E-state index is -3.01. The van der Waals surface area contributed by atoms with E-state index < -0.39 is 9.84 Å². The SMILES string of the molecule is Cl.O=S1(=O)CCC(c2ccccc2)(c2ccccc2)C2CNCC21. The van der Waals surface area contributed by atoms with Crippen LogP contribution >= 0.6 is 12.4 Å². The molecule has 2 aromatic rings. The van der Waals surface area contributed by atoms with Crippen molar-refractivity contribution in [2.24, 2.45) is 5.92 Å². The molecule has 0 aromatic heterocycles. The Bertz CT molecular complexity index is 753. The van der Waals surface area contributed by atoms with E-state index in [2.05, 4.69) is 53.8 Å². The monoisotopic (exact) mass is 363 g/mol. The largest absolute Gasteiger partial charge is 0.315 e. The van der Waals surface area contributed by atoms with Crippen LogP contribution in [0.2, 0.25) is 0 Å². The first kappa shape index (κ1) is 17.5. The fourth-order valence-electron chi connectivity index (χ4n) is 4.52. The molecule has 0 bridgehead atoms. The summed E-state index contributed by atoms with van der Waals surface area (Å²) >= 11 is 0. The van der Waals surface area contributed by atoms with Crippen molar-refractivity contribution in [1.82, 2.24) is 5.32 Å². The minimum Gasteiger partial charge on any atom is -0.315 e. The second-order valence-electron chi connectivity index (χ2n) is 6.62. The third-order valence-electron chi connectivity index (χ3n) is 5.61. The van der Waals surface area contributed by atoms with Crippen molar-refractivity contribution in [2.45, 2.75) is 17.1 Å². The van der Waals surface area contributed by atoms with Gasteiger partial charge in [-0.15, -0.1) is 12.4 Å². The summed E-state index contributed by atoms with van der Waals surface area (Å²) in [4.78, 5) is 0. The molecule has 0 aliphatic carbocycles. The van der Waals surface area contributed by atoms with E-state index in [4.69, 9.17) is 0 Å². The molecule has 2 heterocycles. The van der Waals surface area contributed by atoms with Crippen molar-refractivity contribution in [2.75, 3.05) is 18.8 Å². The maximum Gasteiger partial charge on any atom is 0.154 e. The van der Waals surface area contributed by atoms with Crippen LogP contribution in [0.15, 0.2) is 60.7 Å². The predicted octanol–water partition coefficient (Wildman–Crippen LogP) is 2.80. The summed E-state index contributed by atoms with van der Waals surface area (Å²) in [7, 11) is -3.01. The van der Waals surface area contributed by atoms with E-state index in [9.17, 15) is 8.42 Å². The molecule has 0 spiro atoms. The molecular weight excluding hydrogens is 342 g/mol. The highest BCUT2D eigenvalue weighted by molar-refractivity contribution is 7.92. The van der Waals surface area contributed by atoms with Crippen LogP contribution in [0.1, 0.15) is 17.5 Å². The Labute approximate surface area is 149 Å². The molecule has 2 atom stereocenters. The Balaban J connectivity index is 0.00000169. The van der Waals surface area contributed by atoms with E-state index in [1.54, 1.807) is 0 Å². The molecule has 2 saturated heterocycles. The molecule has 2 aliphatic heterocycles. The number of benzene rings is 2. The van der Waals surface area contributed by atoms with Gasteiger partial charge in [0.2, 0.25) is 0 Å². The number of hydrogen-bond donors (Lipinski definition) is 1. The van der Waals surface area contributed by atoms with Gasteiger partial charge in [-0.2, -0.15) is 0 Å². The average Bonchev–Trinajstić information content (AvgIpc) is 3.09. The summed E-state index contributed by atoms with van der Waals surface area (Å²) < 4.78 is 25.1. The van der Waals surface area contributed by atoms with Crippen molar-refractivity contribution in [3.8, 4) is 0 Å². The summed E-state index contributed by atoms with van der Waals surface area (Å²) in [5.41, 5.74) is 2.25. The van der Waals surface area contributed by atoms with Gasteiger partial charge in [-0.25, -0.2) is 8.42 Å². The van der Waals surface area contributed by atoms with Gasteiger partial charge in [0.15, 0.2) is 9.84 Å². The first-order valence-corrected chi connectivity index (χ1v) is 9.89. The highest BCUT2D eigenvalue weighted by atomic mass is 35.5. The van der Waals surface area contributed by atoms with Crippen LogP contribution in [0, 0.1) is 5.92 Å². The molecule has 2 unspecified atom stereocenters. The lowest BCUT2D eigenvalue weighted by atomic mass is 9.63. The third-order valence-corrected chi connectivity index (χ3v) is 7.80. The molecule has 2 aromatic carbocycles. The summed E-state index contributed by atoms with van der Waals surface area (Å²) in [6, 6.07) is 20.9. The lowest BCUT2D eigenvalue weighted by Crippen LogP contribution is -2.51. The smallest absolute Gasteiger partial charge is 0.154 e. The van der Waals surface area contributed by atoms with Crippen molar-refractivity contribution in [1.29, 1.82) is 0 Å². The van der Waals surface area contributed by atoms with Crippen LogP contribution in [-0.4, -0.2) is 32.5 Å². The standard InChI is InChI=1S/C19H21NO2S.ClH/c21-23(22)12-11-19(15-7-3-1-4-8-15,16-9-5-2-6-10-16)17-13-20-14-18(17)23;/h1-10,17-18,20H,11-14H2;1H. The quantitative estimate of drug-likeness (QED) is 0.892. The molecule has 0 radical (unpaired) electrons. The van der Waals surface area contributed by atoms with Crippen LogP contribution in [-0.2, 0) is 15.3 Å². The van der Waals surface area contributed by atoms with E-state index >= 15 is 0 Å². The first-order chi connectivity index (χ1) is 11.1. The molecule has 1 N–H and O–H groups in total. The van der Waals surface area contributed by atoms with Gasteiger partial charge in [-0.1, -0.05) is 60.7 Å². The van der Waals surface area contributed by atoms with Crippen LogP contribution in [0.25, 0.3) is 0 Å². The van der Waals surface area contributed by atoms with Crippen molar-refractivity contribution < 1.29 is 8.42 Å². The lowest BCUT2D eigenvalue weighted by molar-refractivity contribution is 0.316. The number of rotatable bonds is 2. The molecule has 2 aliphatic rings. The highest BCUT2D eigenvalue weighted by Crippen LogP contribution is 2.49. The van der Waals surface area contributed by atoms with Gasteiger partial charge in [-0.05, 0) is 17.5 Å². The van der Waals surface area contributed by atoms with Crippen molar-refractivity contribution >= 4 is 22.2 Å². The molecular formula is C19H22ClNO2S. The van der Waals surface area contributed by atoms with E-state index in [1.807, 2.05) is 12.1 Å². The zero-order chi connectivity index (χ0) is 15.9. The normalized spacial score (nSPS) is 27.0. The predicted molar refractivity (Wildman–Crippen MR) is 99.5 cm³/mol. The number of sulfone groups is 1. The summed E-state index contributed by atoms with van der Waals surface area (Å²) in [6.07, 6.45) is 0.659. The number of nitrogens with one attached hydrogen (secondary N) is 1. The minimum absolute atomic E-state index is 0. The summed E-state index contributed by atoms with van der Waals surface area (Å²) in [5.74, 6) is 0.352. The lowest BCUT2D eigenvalue weighted by Gasteiger charge is -2.46. The topological polar surface area (TPSA) is 46.2 Å². The second kappa shape index (κ2) is 6.51. The molecule has 5 heteroatoms. The van der Waals surface area contributed by atoms with Crippen LogP contribution in [0.5, 0.6) is 0 Å². The van der Waals surface area contributed by atoms with E-state index in [-0.39, 0.29) is 34.7 Å². The van der Waals surface area contributed by atoms with Gasteiger partial charge in [0.1, 0.15) is 0 Å². The third kappa shape index (κ3) is 2.57. The molecule has 4 rings (SSSR count). The summed E-state index contributed by atoms with van der Waals surface area (Å²) in [5, 5.41) is 3.05. The van der Waals surface area contributed by atoms with Gasteiger partial charge in [-0.3, -0.25) is 0 Å². The number of halogens is 1. The van der Waals surface area contributed by atoms with E-state index in [1.165, 1.54) is 11.1 Å².